The van der Waals surface area contributed by atoms with Gasteiger partial charge in [0.25, 0.3) is 0 Å². The van der Waals surface area contributed by atoms with Gasteiger partial charge < -0.3 is 20.5 Å². The Bertz CT molecular complexity index is 417. The molecule has 0 aromatic heterocycles. The van der Waals surface area contributed by atoms with Gasteiger partial charge in [0.2, 0.25) is 0 Å². The van der Waals surface area contributed by atoms with Crippen LogP contribution in [0.5, 0.6) is 0 Å². The zero-order valence-corrected chi connectivity index (χ0v) is 11.4. The van der Waals surface area contributed by atoms with E-state index < -0.39 is 0 Å². The molecule has 100 valence electrons. The van der Waals surface area contributed by atoms with E-state index in [9.17, 15) is 5.11 Å². The molecule has 2 rings (SSSR count). The molecule has 0 radical (unpaired) electrons. The normalized spacial score (nSPS) is 23.1. The monoisotopic (exact) mass is 270 g/mol. The first kappa shape index (κ1) is 13.5. The summed E-state index contributed by atoms with van der Waals surface area (Å²) in [6, 6.07) is 5.48. The Labute approximate surface area is 112 Å². The van der Waals surface area contributed by atoms with Crippen LogP contribution in [0.3, 0.4) is 0 Å². The van der Waals surface area contributed by atoms with E-state index in [1.54, 1.807) is 0 Å². The van der Waals surface area contributed by atoms with Gasteiger partial charge in [-0.15, -0.1) is 0 Å². The number of nitrogen functional groups attached to an aromatic ring is 1. The van der Waals surface area contributed by atoms with E-state index in [4.69, 9.17) is 22.1 Å². The third-order valence-corrected chi connectivity index (χ3v) is 3.32. The molecule has 1 saturated heterocycles. The number of rotatable bonds is 2. The lowest BCUT2D eigenvalue weighted by Crippen LogP contribution is -2.54. The van der Waals surface area contributed by atoms with Gasteiger partial charge in [-0.05, 0) is 26.0 Å². The molecule has 1 heterocycles. The predicted molar refractivity (Wildman–Crippen MR) is 74.1 cm³/mol. The molecule has 1 aliphatic heterocycles. The Morgan fingerprint density at radius 3 is 2.89 bits per heavy atom. The quantitative estimate of drug-likeness (QED) is 0.806. The molecule has 0 spiro atoms. The van der Waals surface area contributed by atoms with Crippen molar-refractivity contribution in [2.45, 2.75) is 25.6 Å². The summed E-state index contributed by atoms with van der Waals surface area (Å²) >= 11 is 6.22. The number of nitrogens with zero attached hydrogens (tertiary/aromatic N) is 1. The van der Waals surface area contributed by atoms with Crippen molar-refractivity contribution in [1.82, 2.24) is 0 Å². The van der Waals surface area contributed by atoms with Gasteiger partial charge in [-0.1, -0.05) is 17.7 Å². The topological polar surface area (TPSA) is 58.7 Å². The van der Waals surface area contributed by atoms with Crippen molar-refractivity contribution < 1.29 is 9.84 Å². The standard InChI is InChI=1S/C13H19ClN2O2/c1-13(2)8-16(6-9(7-17)18-13)12-10(14)4-3-5-11(12)15/h3-5,9,17H,6-8,15H2,1-2H3. The fourth-order valence-corrected chi connectivity index (χ4v) is 2.73. The van der Waals surface area contributed by atoms with Crippen LogP contribution in [0.1, 0.15) is 13.8 Å². The lowest BCUT2D eigenvalue weighted by molar-refractivity contribution is -0.100. The Morgan fingerprint density at radius 2 is 2.28 bits per heavy atom. The number of ether oxygens (including phenoxy) is 1. The largest absolute Gasteiger partial charge is 0.397 e. The summed E-state index contributed by atoms with van der Waals surface area (Å²) in [5, 5.41) is 9.94. The molecule has 0 bridgehead atoms. The fourth-order valence-electron chi connectivity index (χ4n) is 2.43. The molecule has 4 nitrogen and oxygen atoms in total. The molecule has 1 fully saturated rings. The molecule has 1 aliphatic rings. The second-order valence-corrected chi connectivity index (χ2v) is 5.65. The second-order valence-electron chi connectivity index (χ2n) is 5.24. The second kappa shape index (κ2) is 4.96. The minimum Gasteiger partial charge on any atom is -0.397 e. The number of hydrogen-bond acceptors (Lipinski definition) is 4. The first-order chi connectivity index (χ1) is 8.43. The number of benzene rings is 1. The van der Waals surface area contributed by atoms with E-state index in [0.29, 0.717) is 23.8 Å². The Hall–Kier alpha value is -0.970. The van der Waals surface area contributed by atoms with Crippen LogP contribution >= 0.6 is 11.6 Å². The molecule has 0 saturated carbocycles. The lowest BCUT2D eigenvalue weighted by Gasteiger charge is -2.44. The average molecular weight is 271 g/mol. The first-order valence-corrected chi connectivity index (χ1v) is 6.38. The van der Waals surface area contributed by atoms with Gasteiger partial charge in [-0.3, -0.25) is 0 Å². The average Bonchev–Trinajstić information content (AvgIpc) is 2.26. The predicted octanol–water partition coefficient (Wildman–Crippen LogP) is 1.90. The maximum absolute atomic E-state index is 9.31. The van der Waals surface area contributed by atoms with Gasteiger partial charge in [-0.25, -0.2) is 0 Å². The van der Waals surface area contributed by atoms with Crippen LogP contribution in [0.2, 0.25) is 5.02 Å². The molecule has 3 N–H and O–H groups in total. The van der Waals surface area contributed by atoms with Crippen LogP contribution in [-0.2, 0) is 4.74 Å². The van der Waals surface area contributed by atoms with Crippen molar-refractivity contribution in [3.8, 4) is 0 Å². The highest BCUT2D eigenvalue weighted by molar-refractivity contribution is 6.34. The summed E-state index contributed by atoms with van der Waals surface area (Å²) in [4.78, 5) is 2.09. The van der Waals surface area contributed by atoms with Crippen LogP contribution in [0.25, 0.3) is 0 Å². The van der Waals surface area contributed by atoms with Gasteiger partial charge in [0, 0.05) is 13.1 Å². The van der Waals surface area contributed by atoms with Gasteiger partial charge in [0.05, 0.1) is 34.7 Å². The van der Waals surface area contributed by atoms with Gasteiger partial charge in [0.1, 0.15) is 0 Å². The number of aliphatic hydroxyl groups is 1. The number of nitrogens with two attached hydrogens (primary N) is 1. The molecule has 1 atom stereocenters. The summed E-state index contributed by atoms with van der Waals surface area (Å²) in [5.41, 5.74) is 7.14. The van der Waals surface area contributed by atoms with Gasteiger partial charge in [-0.2, -0.15) is 0 Å². The van der Waals surface area contributed by atoms with Gasteiger partial charge >= 0.3 is 0 Å². The van der Waals surface area contributed by atoms with Crippen LogP contribution < -0.4 is 10.6 Å². The number of anilines is 2. The van der Waals surface area contributed by atoms with Crippen LogP contribution in [0.15, 0.2) is 18.2 Å². The van der Waals surface area contributed by atoms with Crippen molar-refractivity contribution in [2.24, 2.45) is 0 Å². The molecule has 1 aromatic rings. The van der Waals surface area contributed by atoms with Crippen molar-refractivity contribution in [2.75, 3.05) is 30.3 Å². The molecule has 1 unspecified atom stereocenters. The minimum absolute atomic E-state index is 0.00964. The Morgan fingerprint density at radius 1 is 1.56 bits per heavy atom. The van der Waals surface area contributed by atoms with Gasteiger partial charge in [0.15, 0.2) is 0 Å². The smallest absolute Gasteiger partial charge is 0.0988 e. The number of aliphatic hydroxyl groups excluding tert-OH is 1. The summed E-state index contributed by atoms with van der Waals surface area (Å²) in [5.74, 6) is 0. The van der Waals surface area contributed by atoms with Crippen molar-refractivity contribution in [3.05, 3.63) is 23.2 Å². The summed E-state index contributed by atoms with van der Waals surface area (Å²) < 4.78 is 5.78. The molecule has 5 heteroatoms. The lowest BCUT2D eigenvalue weighted by atomic mass is 10.0. The third kappa shape index (κ3) is 2.71. The summed E-state index contributed by atoms with van der Waals surface area (Å²) in [6.07, 6.45) is -0.218. The maximum Gasteiger partial charge on any atom is 0.0988 e. The van der Waals surface area contributed by atoms with Crippen LogP contribution in [0, 0.1) is 0 Å². The molecular weight excluding hydrogens is 252 g/mol. The van der Waals surface area contributed by atoms with Crippen molar-refractivity contribution in [1.29, 1.82) is 0 Å². The maximum atomic E-state index is 9.31. The van der Waals surface area contributed by atoms with E-state index in [-0.39, 0.29) is 18.3 Å². The van der Waals surface area contributed by atoms with E-state index in [0.717, 1.165) is 5.69 Å². The highest BCUT2D eigenvalue weighted by Crippen LogP contribution is 2.35. The first-order valence-electron chi connectivity index (χ1n) is 6.00. The summed E-state index contributed by atoms with van der Waals surface area (Å²) in [7, 11) is 0. The zero-order chi connectivity index (χ0) is 13.3. The van der Waals surface area contributed by atoms with E-state index in [1.165, 1.54) is 0 Å². The highest BCUT2D eigenvalue weighted by atomic mass is 35.5. The van der Waals surface area contributed by atoms with E-state index >= 15 is 0 Å². The Kier molecular flexibility index (Phi) is 3.71. The summed E-state index contributed by atoms with van der Waals surface area (Å²) in [6.45, 7) is 5.26. The minimum atomic E-state index is -0.336. The molecular formula is C13H19ClN2O2. The van der Waals surface area contributed by atoms with Crippen molar-refractivity contribution >= 4 is 23.0 Å². The number of morpholine rings is 1. The molecule has 18 heavy (non-hydrogen) atoms. The van der Waals surface area contributed by atoms with Crippen LogP contribution in [0.4, 0.5) is 11.4 Å². The number of halogens is 1. The zero-order valence-electron chi connectivity index (χ0n) is 10.7. The third-order valence-electron chi connectivity index (χ3n) is 3.02. The fraction of sp³-hybridized carbons (Fsp3) is 0.538. The van der Waals surface area contributed by atoms with E-state index in [2.05, 4.69) is 4.90 Å². The molecule has 1 aromatic carbocycles. The number of hydrogen-bond donors (Lipinski definition) is 2. The SMILES string of the molecule is CC1(C)CN(c2c(N)cccc2Cl)CC(CO)O1. The highest BCUT2D eigenvalue weighted by Gasteiger charge is 2.34. The Balaban J connectivity index is 2.32. The molecule has 0 aliphatic carbocycles. The number of para-hydroxylation sites is 1. The van der Waals surface area contributed by atoms with E-state index in [1.807, 2.05) is 32.0 Å². The van der Waals surface area contributed by atoms with Crippen LogP contribution in [-0.4, -0.2) is 36.5 Å². The van der Waals surface area contributed by atoms with Crippen molar-refractivity contribution in [3.63, 3.8) is 0 Å². The molecule has 0 amide bonds.